The van der Waals surface area contributed by atoms with E-state index in [9.17, 15) is 4.79 Å². The van der Waals surface area contributed by atoms with Crippen LogP contribution in [-0.4, -0.2) is 18.5 Å². The van der Waals surface area contributed by atoms with Gasteiger partial charge in [-0.05, 0) is 6.42 Å². The number of halogens is 1. The number of esters is 1. The molecule has 0 heterocycles. The highest BCUT2D eigenvalue weighted by Gasteiger charge is 1.98. The Hall–Kier alpha value is -0.240. The molecule has 0 saturated heterocycles. The Kier molecular flexibility index (Phi) is 15.6. The van der Waals surface area contributed by atoms with Crippen LogP contribution in [0.3, 0.4) is 0 Å². The first-order valence-corrected chi connectivity index (χ1v) is 8.56. The molecule has 0 saturated carbocycles. The van der Waals surface area contributed by atoms with Crippen LogP contribution in [0.25, 0.3) is 0 Å². The molecule has 0 aliphatic carbocycles. The molecule has 0 spiro atoms. The predicted molar refractivity (Wildman–Crippen MR) is 82.8 cm³/mol. The molecule has 0 aromatic rings. The average Bonchev–Trinajstić information content (AvgIpc) is 2.43. The lowest BCUT2D eigenvalue weighted by atomic mass is 10.1. The highest BCUT2D eigenvalue weighted by molar-refractivity contribution is 6.26. The quantitative estimate of drug-likeness (QED) is 0.241. The van der Waals surface area contributed by atoms with Crippen molar-refractivity contribution < 1.29 is 9.53 Å². The van der Waals surface area contributed by atoms with Crippen LogP contribution in [0.15, 0.2) is 0 Å². The number of alkyl halides is 1. The van der Waals surface area contributed by atoms with E-state index in [1.54, 1.807) is 0 Å². The molecule has 0 aromatic heterocycles. The standard InChI is InChI=1S/C16H31ClO2/c1-2-3-4-5-6-7-8-9-10-11-12-13-14-19-16(18)15-17/h2-15H2,1H3. The summed E-state index contributed by atoms with van der Waals surface area (Å²) in [6.45, 7) is 2.79. The number of carbonyl (C=O) groups is 1. The number of carbonyl (C=O) groups excluding carboxylic acids is 1. The van der Waals surface area contributed by atoms with Gasteiger partial charge in [-0.2, -0.15) is 0 Å². The predicted octanol–water partition coefficient (Wildman–Crippen LogP) is 5.47. The molecule has 19 heavy (non-hydrogen) atoms. The zero-order valence-corrected chi connectivity index (χ0v) is 13.3. The molecule has 0 aliphatic heterocycles. The number of hydrogen-bond acceptors (Lipinski definition) is 2. The lowest BCUT2D eigenvalue weighted by Crippen LogP contribution is -2.06. The van der Waals surface area contributed by atoms with Crippen molar-refractivity contribution in [2.45, 2.75) is 84.0 Å². The molecule has 0 unspecified atom stereocenters. The molecule has 0 amide bonds. The monoisotopic (exact) mass is 290 g/mol. The fourth-order valence-corrected chi connectivity index (χ4v) is 2.24. The van der Waals surface area contributed by atoms with Crippen LogP contribution < -0.4 is 0 Å². The SMILES string of the molecule is CCCCCCCCCCCCCCOC(=O)CCl. The van der Waals surface area contributed by atoms with Gasteiger partial charge in [-0.25, -0.2) is 0 Å². The fraction of sp³-hybridized carbons (Fsp3) is 0.938. The van der Waals surface area contributed by atoms with Gasteiger partial charge < -0.3 is 4.74 Å². The summed E-state index contributed by atoms with van der Waals surface area (Å²) in [5.74, 6) is -0.331. The minimum absolute atomic E-state index is 0.0295. The molecule has 0 atom stereocenters. The molecule has 0 aromatic carbocycles. The maximum Gasteiger partial charge on any atom is 0.320 e. The topological polar surface area (TPSA) is 26.3 Å². The van der Waals surface area contributed by atoms with Crippen LogP contribution in [0.2, 0.25) is 0 Å². The summed E-state index contributed by atoms with van der Waals surface area (Å²) < 4.78 is 4.91. The Labute approximate surface area is 124 Å². The Morgan fingerprint density at radius 3 is 1.63 bits per heavy atom. The van der Waals surface area contributed by atoms with Crippen LogP contribution in [-0.2, 0) is 9.53 Å². The van der Waals surface area contributed by atoms with Gasteiger partial charge in [-0.3, -0.25) is 4.79 Å². The van der Waals surface area contributed by atoms with E-state index in [4.69, 9.17) is 16.3 Å². The molecular weight excluding hydrogens is 260 g/mol. The van der Waals surface area contributed by atoms with E-state index in [1.165, 1.54) is 64.2 Å². The molecular formula is C16H31ClO2. The number of ether oxygens (including phenoxy) is 1. The van der Waals surface area contributed by atoms with Gasteiger partial charge in [-0.1, -0.05) is 77.6 Å². The van der Waals surface area contributed by atoms with Crippen LogP contribution in [0.1, 0.15) is 84.0 Å². The Morgan fingerprint density at radius 2 is 1.21 bits per heavy atom. The van der Waals surface area contributed by atoms with Gasteiger partial charge in [-0.15, -0.1) is 11.6 Å². The Bertz CT molecular complexity index is 195. The first-order valence-electron chi connectivity index (χ1n) is 8.02. The summed E-state index contributed by atoms with van der Waals surface area (Å²) in [7, 11) is 0. The van der Waals surface area contributed by atoms with E-state index in [2.05, 4.69) is 6.92 Å². The average molecular weight is 291 g/mol. The lowest BCUT2D eigenvalue weighted by Gasteiger charge is -2.03. The van der Waals surface area contributed by atoms with Gasteiger partial charge in [0.1, 0.15) is 5.88 Å². The molecule has 114 valence electrons. The van der Waals surface area contributed by atoms with Crippen molar-refractivity contribution in [2.24, 2.45) is 0 Å². The molecule has 0 N–H and O–H groups in total. The van der Waals surface area contributed by atoms with Crippen LogP contribution >= 0.6 is 11.6 Å². The summed E-state index contributed by atoms with van der Waals surface area (Å²) in [6, 6.07) is 0. The van der Waals surface area contributed by atoms with Crippen molar-refractivity contribution in [1.82, 2.24) is 0 Å². The van der Waals surface area contributed by atoms with Crippen molar-refractivity contribution >= 4 is 17.6 Å². The normalized spacial score (nSPS) is 10.6. The summed E-state index contributed by atoms with van der Waals surface area (Å²) in [5, 5.41) is 0. The van der Waals surface area contributed by atoms with Crippen molar-refractivity contribution in [1.29, 1.82) is 0 Å². The van der Waals surface area contributed by atoms with Gasteiger partial charge in [0.15, 0.2) is 0 Å². The van der Waals surface area contributed by atoms with E-state index in [-0.39, 0.29) is 11.8 Å². The summed E-state index contributed by atoms with van der Waals surface area (Å²) in [6.07, 6.45) is 15.8. The minimum atomic E-state index is -0.301. The highest BCUT2D eigenvalue weighted by atomic mass is 35.5. The second-order valence-electron chi connectivity index (χ2n) is 5.24. The van der Waals surface area contributed by atoms with E-state index in [0.717, 1.165) is 12.8 Å². The van der Waals surface area contributed by atoms with E-state index in [0.29, 0.717) is 6.61 Å². The van der Waals surface area contributed by atoms with E-state index in [1.807, 2.05) is 0 Å². The van der Waals surface area contributed by atoms with Gasteiger partial charge in [0, 0.05) is 0 Å². The van der Waals surface area contributed by atoms with Crippen LogP contribution in [0.4, 0.5) is 0 Å². The van der Waals surface area contributed by atoms with Crippen molar-refractivity contribution in [2.75, 3.05) is 12.5 Å². The first kappa shape index (κ1) is 18.8. The van der Waals surface area contributed by atoms with Crippen LogP contribution in [0.5, 0.6) is 0 Å². The minimum Gasteiger partial charge on any atom is -0.465 e. The second-order valence-corrected chi connectivity index (χ2v) is 5.51. The molecule has 0 rings (SSSR count). The van der Waals surface area contributed by atoms with E-state index < -0.39 is 0 Å². The molecule has 2 nitrogen and oxygen atoms in total. The maximum atomic E-state index is 10.8. The van der Waals surface area contributed by atoms with E-state index >= 15 is 0 Å². The van der Waals surface area contributed by atoms with Gasteiger partial charge in [0.05, 0.1) is 6.61 Å². The lowest BCUT2D eigenvalue weighted by molar-refractivity contribution is -0.140. The third-order valence-electron chi connectivity index (χ3n) is 3.37. The fourth-order valence-electron chi connectivity index (χ4n) is 2.17. The Balaban J connectivity index is 2.97. The zero-order chi connectivity index (χ0) is 14.2. The number of hydrogen-bond donors (Lipinski definition) is 0. The van der Waals surface area contributed by atoms with Gasteiger partial charge in [0.25, 0.3) is 0 Å². The largest absolute Gasteiger partial charge is 0.465 e. The molecule has 0 fully saturated rings. The van der Waals surface area contributed by atoms with Crippen LogP contribution in [0, 0.1) is 0 Å². The number of unbranched alkanes of at least 4 members (excludes halogenated alkanes) is 11. The van der Waals surface area contributed by atoms with Crippen molar-refractivity contribution in [3.8, 4) is 0 Å². The smallest absolute Gasteiger partial charge is 0.320 e. The molecule has 0 radical (unpaired) electrons. The maximum absolute atomic E-state index is 10.8. The summed E-state index contributed by atoms with van der Waals surface area (Å²) in [4.78, 5) is 10.8. The highest BCUT2D eigenvalue weighted by Crippen LogP contribution is 2.11. The zero-order valence-electron chi connectivity index (χ0n) is 12.6. The second kappa shape index (κ2) is 15.8. The first-order chi connectivity index (χ1) is 9.31. The molecule has 3 heteroatoms. The third kappa shape index (κ3) is 15.7. The van der Waals surface area contributed by atoms with Gasteiger partial charge in [0.2, 0.25) is 0 Å². The number of rotatable bonds is 14. The summed E-state index contributed by atoms with van der Waals surface area (Å²) in [5.41, 5.74) is 0. The van der Waals surface area contributed by atoms with Crippen molar-refractivity contribution in [3.05, 3.63) is 0 Å². The van der Waals surface area contributed by atoms with Gasteiger partial charge >= 0.3 is 5.97 Å². The third-order valence-corrected chi connectivity index (χ3v) is 3.59. The Morgan fingerprint density at radius 1 is 0.789 bits per heavy atom. The summed E-state index contributed by atoms with van der Waals surface area (Å²) >= 11 is 5.33. The molecule has 0 bridgehead atoms. The molecule has 0 aliphatic rings. The van der Waals surface area contributed by atoms with Crippen molar-refractivity contribution in [3.63, 3.8) is 0 Å².